The molecule has 3 heteroatoms. The Bertz CT molecular complexity index is 289. The summed E-state index contributed by atoms with van der Waals surface area (Å²) >= 11 is 3.23. The SMILES string of the molecule is CCCCNCc1cccc(F)c1Br. The molecular formula is C11H15BrFN. The van der Waals surface area contributed by atoms with Crippen LogP contribution in [0.1, 0.15) is 25.3 Å². The highest BCUT2D eigenvalue weighted by atomic mass is 79.9. The molecule has 0 saturated carbocycles. The lowest BCUT2D eigenvalue weighted by Gasteiger charge is -2.06. The van der Waals surface area contributed by atoms with E-state index in [1.807, 2.05) is 6.07 Å². The normalized spacial score (nSPS) is 10.5. The van der Waals surface area contributed by atoms with E-state index in [9.17, 15) is 4.39 Å². The third kappa shape index (κ3) is 3.39. The maximum absolute atomic E-state index is 13.1. The summed E-state index contributed by atoms with van der Waals surface area (Å²) in [7, 11) is 0. The largest absolute Gasteiger partial charge is 0.313 e. The third-order valence-electron chi connectivity index (χ3n) is 2.05. The second-order valence-corrected chi connectivity index (χ2v) is 4.04. The fourth-order valence-corrected chi connectivity index (χ4v) is 1.61. The van der Waals surface area contributed by atoms with Crippen molar-refractivity contribution >= 4 is 15.9 Å². The maximum atomic E-state index is 13.1. The Morgan fingerprint density at radius 2 is 2.21 bits per heavy atom. The summed E-state index contributed by atoms with van der Waals surface area (Å²) in [5.41, 5.74) is 0.973. The van der Waals surface area contributed by atoms with Gasteiger partial charge in [-0.15, -0.1) is 0 Å². The second-order valence-electron chi connectivity index (χ2n) is 3.24. The van der Waals surface area contributed by atoms with Crippen molar-refractivity contribution in [2.75, 3.05) is 6.54 Å². The van der Waals surface area contributed by atoms with E-state index in [0.29, 0.717) is 4.47 Å². The Morgan fingerprint density at radius 1 is 1.43 bits per heavy atom. The van der Waals surface area contributed by atoms with Crippen LogP contribution in [0.2, 0.25) is 0 Å². The van der Waals surface area contributed by atoms with E-state index in [1.165, 1.54) is 12.5 Å². The molecule has 0 atom stereocenters. The molecule has 0 spiro atoms. The molecule has 0 bridgehead atoms. The van der Waals surface area contributed by atoms with Crippen LogP contribution in [-0.4, -0.2) is 6.54 Å². The monoisotopic (exact) mass is 259 g/mol. The van der Waals surface area contributed by atoms with E-state index in [-0.39, 0.29) is 5.82 Å². The maximum Gasteiger partial charge on any atom is 0.137 e. The Morgan fingerprint density at radius 3 is 2.93 bits per heavy atom. The summed E-state index contributed by atoms with van der Waals surface area (Å²) in [5, 5.41) is 3.27. The fraction of sp³-hybridized carbons (Fsp3) is 0.455. The van der Waals surface area contributed by atoms with Gasteiger partial charge in [0.15, 0.2) is 0 Å². The zero-order valence-corrected chi connectivity index (χ0v) is 9.90. The first-order valence-corrected chi connectivity index (χ1v) is 5.68. The van der Waals surface area contributed by atoms with Gasteiger partial charge in [-0.05, 0) is 40.5 Å². The molecule has 0 saturated heterocycles. The van der Waals surface area contributed by atoms with Crippen molar-refractivity contribution in [3.63, 3.8) is 0 Å². The Kier molecular flexibility index (Phi) is 5.12. The van der Waals surface area contributed by atoms with Crippen molar-refractivity contribution in [1.29, 1.82) is 0 Å². The van der Waals surface area contributed by atoms with E-state index < -0.39 is 0 Å². The van der Waals surface area contributed by atoms with Crippen molar-refractivity contribution in [2.24, 2.45) is 0 Å². The molecule has 1 nitrogen and oxygen atoms in total. The van der Waals surface area contributed by atoms with E-state index in [0.717, 1.165) is 25.1 Å². The molecule has 0 aliphatic carbocycles. The number of benzene rings is 1. The number of unbranched alkanes of at least 4 members (excludes halogenated alkanes) is 1. The van der Waals surface area contributed by atoms with Crippen molar-refractivity contribution in [1.82, 2.24) is 5.32 Å². The van der Waals surface area contributed by atoms with E-state index >= 15 is 0 Å². The van der Waals surface area contributed by atoms with Crippen molar-refractivity contribution in [3.8, 4) is 0 Å². The summed E-state index contributed by atoms with van der Waals surface area (Å²) < 4.78 is 13.7. The zero-order chi connectivity index (χ0) is 10.4. The highest BCUT2D eigenvalue weighted by Crippen LogP contribution is 2.19. The Hall–Kier alpha value is -0.410. The summed E-state index contributed by atoms with van der Waals surface area (Å²) in [6, 6.07) is 5.11. The number of halogens is 2. The van der Waals surface area contributed by atoms with Crippen LogP contribution in [0.4, 0.5) is 4.39 Å². The molecule has 78 valence electrons. The summed E-state index contributed by atoms with van der Waals surface area (Å²) in [5.74, 6) is -0.195. The van der Waals surface area contributed by atoms with Crippen LogP contribution in [0.25, 0.3) is 0 Å². The van der Waals surface area contributed by atoms with E-state index in [2.05, 4.69) is 28.2 Å². The van der Waals surface area contributed by atoms with Gasteiger partial charge in [0.1, 0.15) is 5.82 Å². The topological polar surface area (TPSA) is 12.0 Å². The van der Waals surface area contributed by atoms with Gasteiger partial charge < -0.3 is 5.32 Å². The molecule has 0 unspecified atom stereocenters. The van der Waals surface area contributed by atoms with Crippen molar-refractivity contribution in [2.45, 2.75) is 26.3 Å². The molecule has 0 aliphatic heterocycles. The molecule has 1 rings (SSSR count). The minimum atomic E-state index is -0.195. The molecule has 0 amide bonds. The molecule has 1 aromatic carbocycles. The predicted molar refractivity (Wildman–Crippen MR) is 60.7 cm³/mol. The molecular weight excluding hydrogens is 245 g/mol. The summed E-state index contributed by atoms with van der Waals surface area (Å²) in [6.07, 6.45) is 2.34. The van der Waals surface area contributed by atoms with Crippen LogP contribution in [0.15, 0.2) is 22.7 Å². The number of nitrogens with one attached hydrogen (secondary N) is 1. The Balaban J connectivity index is 2.46. The average Bonchev–Trinajstić information content (AvgIpc) is 2.19. The van der Waals surface area contributed by atoms with Crippen LogP contribution >= 0.6 is 15.9 Å². The molecule has 1 N–H and O–H groups in total. The standard InChI is InChI=1S/C11H15BrFN/c1-2-3-7-14-8-9-5-4-6-10(13)11(9)12/h4-6,14H,2-3,7-8H2,1H3. The van der Waals surface area contributed by atoms with Crippen molar-refractivity contribution < 1.29 is 4.39 Å². The molecule has 0 aromatic heterocycles. The van der Waals surface area contributed by atoms with Gasteiger partial charge in [0.2, 0.25) is 0 Å². The summed E-state index contributed by atoms with van der Waals surface area (Å²) in [4.78, 5) is 0. The number of hydrogen-bond donors (Lipinski definition) is 1. The molecule has 14 heavy (non-hydrogen) atoms. The lowest BCUT2D eigenvalue weighted by Crippen LogP contribution is -2.14. The third-order valence-corrected chi connectivity index (χ3v) is 2.94. The van der Waals surface area contributed by atoms with Gasteiger partial charge in [-0.2, -0.15) is 0 Å². The highest BCUT2D eigenvalue weighted by Gasteiger charge is 2.03. The van der Waals surface area contributed by atoms with Crippen LogP contribution in [0, 0.1) is 5.82 Å². The quantitative estimate of drug-likeness (QED) is 0.799. The van der Waals surface area contributed by atoms with Gasteiger partial charge in [-0.25, -0.2) is 4.39 Å². The first kappa shape index (κ1) is 11.7. The fourth-order valence-electron chi connectivity index (χ4n) is 1.21. The van der Waals surface area contributed by atoms with Crippen LogP contribution < -0.4 is 5.32 Å². The average molecular weight is 260 g/mol. The van der Waals surface area contributed by atoms with Gasteiger partial charge in [0, 0.05) is 6.54 Å². The van der Waals surface area contributed by atoms with E-state index in [1.54, 1.807) is 6.07 Å². The van der Waals surface area contributed by atoms with Gasteiger partial charge in [0.05, 0.1) is 4.47 Å². The number of rotatable bonds is 5. The molecule has 0 radical (unpaired) electrons. The lowest BCUT2D eigenvalue weighted by molar-refractivity contribution is 0.607. The first-order chi connectivity index (χ1) is 6.75. The minimum Gasteiger partial charge on any atom is -0.313 e. The van der Waals surface area contributed by atoms with Crippen LogP contribution in [0.3, 0.4) is 0 Å². The molecule has 1 aromatic rings. The lowest BCUT2D eigenvalue weighted by atomic mass is 10.2. The predicted octanol–water partition coefficient (Wildman–Crippen LogP) is 3.48. The smallest absolute Gasteiger partial charge is 0.137 e. The summed E-state index contributed by atoms with van der Waals surface area (Å²) in [6.45, 7) is 3.86. The van der Waals surface area contributed by atoms with Gasteiger partial charge >= 0.3 is 0 Å². The zero-order valence-electron chi connectivity index (χ0n) is 8.32. The van der Waals surface area contributed by atoms with E-state index in [4.69, 9.17) is 0 Å². The second kappa shape index (κ2) is 6.14. The Labute approximate surface area is 92.8 Å². The first-order valence-electron chi connectivity index (χ1n) is 4.89. The molecule has 0 fully saturated rings. The highest BCUT2D eigenvalue weighted by molar-refractivity contribution is 9.10. The van der Waals surface area contributed by atoms with Crippen LogP contribution in [-0.2, 0) is 6.54 Å². The minimum absolute atomic E-state index is 0.195. The van der Waals surface area contributed by atoms with Gasteiger partial charge in [0.25, 0.3) is 0 Å². The van der Waals surface area contributed by atoms with Gasteiger partial charge in [-0.3, -0.25) is 0 Å². The molecule has 0 heterocycles. The van der Waals surface area contributed by atoms with Gasteiger partial charge in [-0.1, -0.05) is 25.5 Å². The van der Waals surface area contributed by atoms with Crippen LogP contribution in [0.5, 0.6) is 0 Å². The van der Waals surface area contributed by atoms with Crippen molar-refractivity contribution in [3.05, 3.63) is 34.1 Å². The molecule has 0 aliphatic rings. The number of hydrogen-bond acceptors (Lipinski definition) is 1.